The number of hydrogen-bond acceptors (Lipinski definition) is 2. The molecule has 0 radical (unpaired) electrons. The van der Waals surface area contributed by atoms with Gasteiger partial charge in [-0.2, -0.15) is 4.31 Å². The van der Waals surface area contributed by atoms with Crippen molar-refractivity contribution in [2.24, 2.45) is 0 Å². The summed E-state index contributed by atoms with van der Waals surface area (Å²) >= 11 is 0. The summed E-state index contributed by atoms with van der Waals surface area (Å²) in [6, 6.07) is 7.11. The number of sulfonamides is 1. The molecule has 1 aliphatic rings. The highest BCUT2D eigenvalue weighted by molar-refractivity contribution is 7.89. The molecule has 3 nitrogen and oxygen atoms in total. The Morgan fingerprint density at radius 1 is 0.947 bits per heavy atom. The minimum absolute atomic E-state index is 0.408. The SMILES string of the molecule is Cc1ccc(S(=O)(=O)N2CCC/C=C\CCC2)cc1. The molecule has 0 aliphatic carbocycles. The third-order valence-corrected chi connectivity index (χ3v) is 5.29. The van der Waals surface area contributed by atoms with Gasteiger partial charge in [-0.1, -0.05) is 29.8 Å². The van der Waals surface area contributed by atoms with Crippen LogP contribution in [0.25, 0.3) is 0 Å². The number of benzene rings is 1. The second-order valence-electron chi connectivity index (χ2n) is 4.97. The Morgan fingerprint density at radius 2 is 1.47 bits per heavy atom. The van der Waals surface area contributed by atoms with Gasteiger partial charge < -0.3 is 0 Å². The second-order valence-corrected chi connectivity index (χ2v) is 6.91. The summed E-state index contributed by atoms with van der Waals surface area (Å²) in [5.74, 6) is 0. The monoisotopic (exact) mass is 279 g/mol. The van der Waals surface area contributed by atoms with Crippen LogP contribution in [-0.2, 0) is 10.0 Å². The quantitative estimate of drug-likeness (QED) is 0.780. The van der Waals surface area contributed by atoms with E-state index in [0.29, 0.717) is 18.0 Å². The van der Waals surface area contributed by atoms with Gasteiger partial charge in [-0.25, -0.2) is 8.42 Å². The van der Waals surface area contributed by atoms with Gasteiger partial charge in [0.05, 0.1) is 4.90 Å². The van der Waals surface area contributed by atoms with Crippen LogP contribution in [0.3, 0.4) is 0 Å². The number of aryl methyl sites for hydroxylation is 1. The van der Waals surface area contributed by atoms with Gasteiger partial charge in [0.15, 0.2) is 0 Å². The van der Waals surface area contributed by atoms with Crippen molar-refractivity contribution in [3.8, 4) is 0 Å². The molecular weight excluding hydrogens is 258 g/mol. The average molecular weight is 279 g/mol. The minimum atomic E-state index is -3.33. The molecule has 0 saturated carbocycles. The van der Waals surface area contributed by atoms with Crippen molar-refractivity contribution in [1.29, 1.82) is 0 Å². The van der Waals surface area contributed by atoms with Gasteiger partial charge in [0.2, 0.25) is 10.0 Å². The molecule has 0 spiro atoms. The maximum absolute atomic E-state index is 12.6. The molecule has 1 aliphatic heterocycles. The predicted molar refractivity (Wildman–Crippen MR) is 77.5 cm³/mol. The summed E-state index contributed by atoms with van der Waals surface area (Å²) in [6.07, 6.45) is 8.01. The van der Waals surface area contributed by atoms with Gasteiger partial charge in [0, 0.05) is 13.1 Å². The van der Waals surface area contributed by atoms with E-state index < -0.39 is 10.0 Å². The van der Waals surface area contributed by atoms with Crippen molar-refractivity contribution in [2.45, 2.75) is 37.5 Å². The van der Waals surface area contributed by atoms with Gasteiger partial charge in [-0.15, -0.1) is 0 Å². The second kappa shape index (κ2) is 6.35. The zero-order chi connectivity index (χ0) is 13.7. The lowest BCUT2D eigenvalue weighted by atomic mass is 10.2. The third kappa shape index (κ3) is 3.67. The highest BCUT2D eigenvalue weighted by atomic mass is 32.2. The molecule has 0 saturated heterocycles. The highest BCUT2D eigenvalue weighted by Crippen LogP contribution is 2.18. The molecule has 0 unspecified atom stereocenters. The molecule has 1 aromatic carbocycles. The van der Waals surface area contributed by atoms with Crippen molar-refractivity contribution < 1.29 is 8.42 Å². The van der Waals surface area contributed by atoms with Gasteiger partial charge >= 0.3 is 0 Å². The lowest BCUT2D eigenvalue weighted by Crippen LogP contribution is -2.32. The van der Waals surface area contributed by atoms with E-state index in [-0.39, 0.29) is 0 Å². The summed E-state index contributed by atoms with van der Waals surface area (Å²) in [6.45, 7) is 3.18. The molecule has 104 valence electrons. The van der Waals surface area contributed by atoms with Crippen LogP contribution in [0.15, 0.2) is 41.3 Å². The Bertz CT molecular complexity index is 520. The zero-order valence-corrected chi connectivity index (χ0v) is 12.2. The lowest BCUT2D eigenvalue weighted by Gasteiger charge is -2.21. The Hall–Kier alpha value is -1.13. The fourth-order valence-electron chi connectivity index (χ4n) is 2.22. The standard InChI is InChI=1S/C15H21NO2S/c1-14-8-10-15(11-9-14)19(17,18)16-12-6-4-2-3-5-7-13-16/h2-3,8-11H,4-7,12-13H2,1H3/b3-2-. The smallest absolute Gasteiger partial charge is 0.207 e. The first-order valence-corrected chi connectivity index (χ1v) is 8.26. The van der Waals surface area contributed by atoms with Crippen LogP contribution in [0, 0.1) is 6.92 Å². The van der Waals surface area contributed by atoms with Crippen molar-refractivity contribution in [2.75, 3.05) is 13.1 Å². The molecule has 0 amide bonds. The first-order chi connectivity index (χ1) is 9.10. The fourth-order valence-corrected chi connectivity index (χ4v) is 3.74. The van der Waals surface area contributed by atoms with Gasteiger partial charge in [-0.3, -0.25) is 0 Å². The van der Waals surface area contributed by atoms with Crippen molar-refractivity contribution in [3.05, 3.63) is 42.0 Å². The van der Waals surface area contributed by atoms with E-state index >= 15 is 0 Å². The Kier molecular flexibility index (Phi) is 4.77. The van der Waals surface area contributed by atoms with E-state index in [1.54, 1.807) is 16.4 Å². The van der Waals surface area contributed by atoms with Crippen LogP contribution in [0.2, 0.25) is 0 Å². The van der Waals surface area contributed by atoms with Crippen molar-refractivity contribution in [3.63, 3.8) is 0 Å². The number of rotatable bonds is 2. The van der Waals surface area contributed by atoms with Gasteiger partial charge in [0.1, 0.15) is 0 Å². The van der Waals surface area contributed by atoms with E-state index in [1.165, 1.54) is 0 Å². The largest absolute Gasteiger partial charge is 0.243 e. The molecule has 19 heavy (non-hydrogen) atoms. The normalized spacial score (nSPS) is 20.3. The lowest BCUT2D eigenvalue weighted by molar-refractivity contribution is 0.403. The first-order valence-electron chi connectivity index (χ1n) is 6.82. The maximum atomic E-state index is 12.6. The topological polar surface area (TPSA) is 37.4 Å². The summed E-state index contributed by atoms with van der Waals surface area (Å²) in [7, 11) is -3.33. The van der Waals surface area contributed by atoms with Crippen LogP contribution in [-0.4, -0.2) is 25.8 Å². The predicted octanol–water partition coefficient (Wildman–Crippen LogP) is 3.12. The molecule has 1 aromatic rings. The molecule has 1 heterocycles. The van der Waals surface area contributed by atoms with Crippen molar-refractivity contribution >= 4 is 10.0 Å². The van der Waals surface area contributed by atoms with Crippen LogP contribution >= 0.6 is 0 Å². The maximum Gasteiger partial charge on any atom is 0.243 e. The van der Waals surface area contributed by atoms with E-state index in [2.05, 4.69) is 12.2 Å². The summed E-state index contributed by atoms with van der Waals surface area (Å²) in [4.78, 5) is 0.408. The summed E-state index contributed by atoms with van der Waals surface area (Å²) in [5.41, 5.74) is 1.08. The van der Waals surface area contributed by atoms with Gasteiger partial charge in [0.25, 0.3) is 0 Å². The molecular formula is C15H21NO2S. The molecule has 0 bridgehead atoms. The molecule has 2 rings (SSSR count). The summed E-state index contributed by atoms with van der Waals surface area (Å²) < 4.78 is 26.8. The Morgan fingerprint density at radius 3 is 2.00 bits per heavy atom. The fraction of sp³-hybridized carbons (Fsp3) is 0.467. The molecule has 0 atom stereocenters. The number of nitrogens with zero attached hydrogens (tertiary/aromatic N) is 1. The number of hydrogen-bond donors (Lipinski definition) is 0. The van der Waals surface area contributed by atoms with Crippen molar-refractivity contribution in [1.82, 2.24) is 4.31 Å². The molecule has 0 N–H and O–H groups in total. The van der Waals surface area contributed by atoms with Gasteiger partial charge in [-0.05, 0) is 44.7 Å². The Labute approximate surface area is 116 Å². The summed E-state index contributed by atoms with van der Waals surface area (Å²) in [5, 5.41) is 0. The number of allylic oxidation sites excluding steroid dienone is 2. The van der Waals surface area contributed by atoms with E-state index in [1.807, 2.05) is 19.1 Å². The average Bonchev–Trinajstić information content (AvgIpc) is 2.52. The third-order valence-electron chi connectivity index (χ3n) is 3.38. The van der Waals surface area contributed by atoms with E-state index in [0.717, 1.165) is 31.2 Å². The van der Waals surface area contributed by atoms with Crippen LogP contribution < -0.4 is 0 Å². The molecule has 0 aromatic heterocycles. The first kappa shape index (κ1) is 14.3. The van der Waals surface area contributed by atoms with Crippen LogP contribution in [0.5, 0.6) is 0 Å². The Balaban J connectivity index is 2.19. The minimum Gasteiger partial charge on any atom is -0.207 e. The highest BCUT2D eigenvalue weighted by Gasteiger charge is 2.23. The van der Waals surface area contributed by atoms with Crippen LogP contribution in [0.1, 0.15) is 31.2 Å². The molecule has 4 heteroatoms. The van der Waals surface area contributed by atoms with E-state index in [4.69, 9.17) is 0 Å². The zero-order valence-electron chi connectivity index (χ0n) is 11.4. The van der Waals surface area contributed by atoms with Crippen LogP contribution in [0.4, 0.5) is 0 Å². The molecule has 0 fully saturated rings. The van der Waals surface area contributed by atoms with E-state index in [9.17, 15) is 8.42 Å².